The average Bonchev–Trinajstić information content (AvgIpc) is 2.60. The predicted octanol–water partition coefficient (Wildman–Crippen LogP) is 2.57. The highest BCUT2D eigenvalue weighted by Gasteiger charge is 2.03. The Kier molecular flexibility index (Phi) is 2.33. The zero-order valence-electron chi connectivity index (χ0n) is 7.65. The second-order valence-corrected chi connectivity index (χ2v) is 3.72. The third-order valence-electron chi connectivity index (χ3n) is 1.77. The topological polar surface area (TPSA) is 45.9 Å². The largest absolute Gasteiger partial charge is 0.494 e. The van der Waals surface area contributed by atoms with E-state index in [1.807, 2.05) is 31.2 Å². The molecule has 0 N–H and O–H groups in total. The first-order chi connectivity index (χ1) is 6.83. The molecule has 0 aliphatic heterocycles. The summed E-state index contributed by atoms with van der Waals surface area (Å²) >= 11 is 1.39. The molecule has 4 heteroatoms. The lowest BCUT2D eigenvalue weighted by atomic mass is 10.3. The van der Waals surface area contributed by atoms with Gasteiger partial charge < -0.3 is 4.74 Å². The van der Waals surface area contributed by atoms with Crippen LogP contribution in [0.25, 0.3) is 10.2 Å². The molecule has 1 aromatic heterocycles. The molecule has 0 spiro atoms. The number of hydrogen-bond donors (Lipinski definition) is 0. The minimum Gasteiger partial charge on any atom is -0.494 e. The van der Waals surface area contributed by atoms with Crippen molar-refractivity contribution < 1.29 is 4.74 Å². The lowest BCUT2D eigenvalue weighted by Crippen LogP contribution is -1.89. The molecule has 0 unspecified atom stereocenters. The van der Waals surface area contributed by atoms with Crippen molar-refractivity contribution in [3.8, 4) is 11.8 Å². The summed E-state index contributed by atoms with van der Waals surface area (Å²) < 4.78 is 6.35. The van der Waals surface area contributed by atoms with Crippen molar-refractivity contribution in [2.24, 2.45) is 0 Å². The first-order valence-electron chi connectivity index (χ1n) is 4.27. The molecule has 0 amide bonds. The first kappa shape index (κ1) is 8.97. The Hall–Kier alpha value is -1.60. The van der Waals surface area contributed by atoms with E-state index in [0.717, 1.165) is 16.0 Å². The fourth-order valence-electron chi connectivity index (χ4n) is 1.21. The zero-order valence-corrected chi connectivity index (χ0v) is 8.47. The lowest BCUT2D eigenvalue weighted by molar-refractivity contribution is 0.341. The maximum Gasteiger partial charge on any atom is 0.195 e. The van der Waals surface area contributed by atoms with Crippen molar-refractivity contribution in [1.29, 1.82) is 5.26 Å². The van der Waals surface area contributed by atoms with E-state index in [1.54, 1.807) is 0 Å². The molecule has 0 atom stereocenters. The van der Waals surface area contributed by atoms with Gasteiger partial charge in [-0.1, -0.05) is 0 Å². The van der Waals surface area contributed by atoms with Gasteiger partial charge in [0.2, 0.25) is 0 Å². The second-order valence-electron chi connectivity index (χ2n) is 2.69. The third kappa shape index (κ3) is 1.54. The van der Waals surface area contributed by atoms with Gasteiger partial charge in [0.15, 0.2) is 5.01 Å². The van der Waals surface area contributed by atoms with Gasteiger partial charge in [-0.05, 0) is 25.1 Å². The molecule has 2 rings (SSSR count). The molecule has 70 valence electrons. The summed E-state index contributed by atoms with van der Waals surface area (Å²) in [5, 5.41) is 9.17. The summed E-state index contributed by atoms with van der Waals surface area (Å²) in [4.78, 5) is 4.13. The Morgan fingerprint density at radius 2 is 2.43 bits per heavy atom. The molecule has 1 aromatic carbocycles. The quantitative estimate of drug-likeness (QED) is 0.755. The number of nitriles is 1. The SMILES string of the molecule is CCOc1ccc2nc(C#N)sc2c1. The summed E-state index contributed by atoms with van der Waals surface area (Å²) in [6, 6.07) is 7.69. The fraction of sp³-hybridized carbons (Fsp3) is 0.200. The third-order valence-corrected chi connectivity index (χ3v) is 2.69. The highest BCUT2D eigenvalue weighted by molar-refractivity contribution is 7.19. The summed E-state index contributed by atoms with van der Waals surface area (Å²) in [5.41, 5.74) is 0.856. The highest BCUT2D eigenvalue weighted by Crippen LogP contribution is 2.25. The Labute approximate surface area is 85.6 Å². The van der Waals surface area contributed by atoms with E-state index in [0.29, 0.717) is 11.6 Å². The molecule has 1 heterocycles. The van der Waals surface area contributed by atoms with Crippen molar-refractivity contribution >= 4 is 21.6 Å². The van der Waals surface area contributed by atoms with E-state index in [2.05, 4.69) is 4.98 Å². The zero-order chi connectivity index (χ0) is 9.97. The van der Waals surface area contributed by atoms with Crippen molar-refractivity contribution in [1.82, 2.24) is 4.98 Å². The van der Waals surface area contributed by atoms with Crippen LogP contribution in [-0.4, -0.2) is 11.6 Å². The van der Waals surface area contributed by atoms with Crippen LogP contribution in [0.15, 0.2) is 18.2 Å². The van der Waals surface area contributed by atoms with Crippen LogP contribution in [0.5, 0.6) is 5.75 Å². The normalized spacial score (nSPS) is 10.0. The number of nitrogens with zero attached hydrogens (tertiary/aromatic N) is 2. The van der Waals surface area contributed by atoms with E-state index in [1.165, 1.54) is 11.3 Å². The fourth-order valence-corrected chi connectivity index (χ4v) is 2.00. The van der Waals surface area contributed by atoms with Gasteiger partial charge >= 0.3 is 0 Å². The van der Waals surface area contributed by atoms with Gasteiger partial charge in [0.1, 0.15) is 11.8 Å². The van der Waals surface area contributed by atoms with Gasteiger partial charge in [-0.15, -0.1) is 11.3 Å². The van der Waals surface area contributed by atoms with Crippen molar-refractivity contribution in [2.75, 3.05) is 6.61 Å². The molecule has 0 bridgehead atoms. The molecule has 0 aliphatic rings. The molecule has 3 nitrogen and oxygen atoms in total. The van der Waals surface area contributed by atoms with Crippen LogP contribution < -0.4 is 4.74 Å². The number of thiazole rings is 1. The Morgan fingerprint density at radius 3 is 3.14 bits per heavy atom. The number of ether oxygens (including phenoxy) is 1. The first-order valence-corrected chi connectivity index (χ1v) is 5.08. The minimum absolute atomic E-state index is 0.494. The number of fused-ring (bicyclic) bond motifs is 1. The van der Waals surface area contributed by atoms with E-state index in [9.17, 15) is 0 Å². The monoisotopic (exact) mass is 204 g/mol. The number of rotatable bonds is 2. The average molecular weight is 204 g/mol. The highest BCUT2D eigenvalue weighted by atomic mass is 32.1. The maximum absolute atomic E-state index is 8.68. The Bertz CT molecular complexity index is 498. The van der Waals surface area contributed by atoms with Crippen LogP contribution in [0.3, 0.4) is 0 Å². The van der Waals surface area contributed by atoms with Crippen LogP contribution in [0.1, 0.15) is 11.9 Å². The van der Waals surface area contributed by atoms with Crippen LogP contribution >= 0.6 is 11.3 Å². The molecular weight excluding hydrogens is 196 g/mol. The predicted molar refractivity (Wildman–Crippen MR) is 55.5 cm³/mol. The van der Waals surface area contributed by atoms with Gasteiger partial charge in [-0.3, -0.25) is 0 Å². The standard InChI is InChI=1S/C10H8N2OS/c1-2-13-7-3-4-8-9(5-7)14-10(6-11)12-8/h3-5H,2H2,1H3. The lowest BCUT2D eigenvalue weighted by Gasteiger charge is -2.00. The van der Waals surface area contributed by atoms with Crippen LogP contribution in [0.4, 0.5) is 0 Å². The summed E-state index contributed by atoms with van der Waals surface area (Å²) in [6.07, 6.45) is 0. The van der Waals surface area contributed by atoms with Crippen molar-refractivity contribution in [3.05, 3.63) is 23.2 Å². The number of aromatic nitrogens is 1. The maximum atomic E-state index is 8.68. The Balaban J connectivity index is 2.50. The van der Waals surface area contributed by atoms with Crippen molar-refractivity contribution in [3.63, 3.8) is 0 Å². The molecule has 0 fully saturated rings. The molecular formula is C10H8N2OS. The summed E-state index contributed by atoms with van der Waals surface area (Å²) in [6.45, 7) is 2.59. The van der Waals surface area contributed by atoms with Crippen molar-refractivity contribution in [2.45, 2.75) is 6.92 Å². The van der Waals surface area contributed by atoms with Crippen LogP contribution in [-0.2, 0) is 0 Å². The van der Waals surface area contributed by atoms with E-state index in [4.69, 9.17) is 10.00 Å². The molecule has 0 saturated carbocycles. The van der Waals surface area contributed by atoms with Gasteiger partial charge in [0.05, 0.1) is 16.8 Å². The number of hydrogen-bond acceptors (Lipinski definition) is 4. The summed E-state index contributed by atoms with van der Waals surface area (Å²) in [5.74, 6) is 0.827. The van der Waals surface area contributed by atoms with Crippen LogP contribution in [0.2, 0.25) is 0 Å². The van der Waals surface area contributed by atoms with E-state index >= 15 is 0 Å². The smallest absolute Gasteiger partial charge is 0.195 e. The van der Waals surface area contributed by atoms with Gasteiger partial charge in [-0.2, -0.15) is 5.26 Å². The van der Waals surface area contributed by atoms with Gasteiger partial charge in [0, 0.05) is 0 Å². The van der Waals surface area contributed by atoms with Gasteiger partial charge in [-0.25, -0.2) is 4.98 Å². The molecule has 14 heavy (non-hydrogen) atoms. The molecule has 0 radical (unpaired) electrons. The van der Waals surface area contributed by atoms with E-state index < -0.39 is 0 Å². The molecule has 0 saturated heterocycles. The second kappa shape index (κ2) is 3.64. The van der Waals surface area contributed by atoms with Gasteiger partial charge in [0.25, 0.3) is 0 Å². The van der Waals surface area contributed by atoms with E-state index in [-0.39, 0.29) is 0 Å². The summed E-state index contributed by atoms with van der Waals surface area (Å²) in [7, 11) is 0. The molecule has 0 aliphatic carbocycles. The number of benzene rings is 1. The molecule has 2 aromatic rings. The Morgan fingerprint density at radius 1 is 1.57 bits per heavy atom. The van der Waals surface area contributed by atoms with Crippen LogP contribution in [0, 0.1) is 11.3 Å². The minimum atomic E-state index is 0.494.